The molecule has 3 rings (SSSR count). The smallest absolute Gasteiger partial charge is 0.325 e. The number of imide groups is 1. The van der Waals surface area contributed by atoms with E-state index in [0.29, 0.717) is 30.0 Å². The Morgan fingerprint density at radius 1 is 1.14 bits per heavy atom. The molecule has 2 fully saturated rings. The first-order chi connectivity index (χ1) is 13.7. The van der Waals surface area contributed by atoms with Gasteiger partial charge in [0.15, 0.2) is 5.78 Å². The zero-order chi connectivity index (χ0) is 21.2. The lowest BCUT2D eigenvalue weighted by molar-refractivity contribution is -0.132. The first-order valence-corrected chi connectivity index (χ1v) is 9.97. The van der Waals surface area contributed by atoms with E-state index in [4.69, 9.17) is 0 Å². The van der Waals surface area contributed by atoms with Crippen molar-refractivity contribution in [2.75, 3.05) is 31.5 Å². The van der Waals surface area contributed by atoms with Gasteiger partial charge in [-0.2, -0.15) is 0 Å². The molecule has 29 heavy (non-hydrogen) atoms. The van der Waals surface area contributed by atoms with Crippen LogP contribution in [-0.2, 0) is 9.59 Å². The van der Waals surface area contributed by atoms with Gasteiger partial charge in [0, 0.05) is 37.8 Å². The maximum absolute atomic E-state index is 13.0. The fraction of sp³-hybridized carbons (Fsp3) is 0.524. The summed E-state index contributed by atoms with van der Waals surface area (Å²) < 4.78 is 0. The minimum atomic E-state index is -0.889. The topological polar surface area (TPSA) is 98.8 Å². The van der Waals surface area contributed by atoms with Gasteiger partial charge >= 0.3 is 6.03 Å². The minimum Gasteiger partial charge on any atom is -0.326 e. The van der Waals surface area contributed by atoms with Crippen LogP contribution in [0.1, 0.15) is 44.0 Å². The van der Waals surface area contributed by atoms with E-state index in [1.165, 1.54) is 6.92 Å². The van der Waals surface area contributed by atoms with Crippen LogP contribution in [0.4, 0.5) is 10.5 Å². The van der Waals surface area contributed by atoms with Crippen molar-refractivity contribution in [1.82, 2.24) is 15.1 Å². The number of rotatable bonds is 6. The fourth-order valence-electron chi connectivity index (χ4n) is 3.97. The summed E-state index contributed by atoms with van der Waals surface area (Å²) in [6, 6.07) is 5.88. The lowest BCUT2D eigenvalue weighted by atomic mass is 9.87. The number of nitrogens with zero attached hydrogens (tertiary/aromatic N) is 2. The van der Waals surface area contributed by atoms with Gasteiger partial charge in [-0.15, -0.1) is 0 Å². The van der Waals surface area contributed by atoms with E-state index in [2.05, 4.69) is 29.4 Å². The molecule has 0 bridgehead atoms. The van der Waals surface area contributed by atoms with Crippen LogP contribution in [-0.4, -0.2) is 65.1 Å². The second-order valence-corrected chi connectivity index (χ2v) is 8.28. The van der Waals surface area contributed by atoms with Crippen LogP contribution in [0.25, 0.3) is 0 Å². The summed E-state index contributed by atoms with van der Waals surface area (Å²) in [5.74, 6) is -0.288. The molecule has 0 aromatic heterocycles. The maximum Gasteiger partial charge on any atom is 0.325 e. The summed E-state index contributed by atoms with van der Waals surface area (Å²) in [7, 11) is 0. The highest BCUT2D eigenvalue weighted by Gasteiger charge is 2.52. The Balaban J connectivity index is 1.63. The molecule has 2 aliphatic heterocycles. The highest BCUT2D eigenvalue weighted by atomic mass is 16.2. The van der Waals surface area contributed by atoms with Crippen LogP contribution < -0.4 is 10.6 Å². The Labute approximate surface area is 170 Å². The maximum atomic E-state index is 13.0. The molecule has 1 spiro atoms. The number of anilines is 1. The van der Waals surface area contributed by atoms with Crippen LogP contribution >= 0.6 is 0 Å². The Hall–Kier alpha value is -2.74. The van der Waals surface area contributed by atoms with E-state index in [-0.39, 0.29) is 24.1 Å². The van der Waals surface area contributed by atoms with Crippen LogP contribution in [0.15, 0.2) is 24.3 Å². The summed E-state index contributed by atoms with van der Waals surface area (Å²) in [6.07, 6.45) is 1.11. The lowest BCUT2D eigenvalue weighted by Gasteiger charge is -2.37. The number of Topliss-reactive ketones (excluding diaryl/α,β-unsaturated/α-hetero) is 1. The molecule has 2 saturated heterocycles. The zero-order valence-electron chi connectivity index (χ0n) is 17.2. The Bertz CT molecular complexity index is 810. The second kappa shape index (κ2) is 8.32. The average Bonchev–Trinajstić information content (AvgIpc) is 2.88. The third-order valence-electron chi connectivity index (χ3n) is 5.41. The largest absolute Gasteiger partial charge is 0.326 e. The number of nitrogens with one attached hydrogen (secondary N) is 2. The molecule has 4 amide bonds. The van der Waals surface area contributed by atoms with Crippen molar-refractivity contribution >= 4 is 29.3 Å². The summed E-state index contributed by atoms with van der Waals surface area (Å²) in [4.78, 5) is 52.4. The van der Waals surface area contributed by atoms with E-state index >= 15 is 0 Å². The second-order valence-electron chi connectivity index (χ2n) is 8.28. The summed E-state index contributed by atoms with van der Waals surface area (Å²) in [5, 5.41) is 5.47. The number of ketones is 1. The number of hydrogen-bond donors (Lipinski definition) is 2. The molecule has 2 aliphatic rings. The Kier molecular flexibility index (Phi) is 6.02. The van der Waals surface area contributed by atoms with Crippen molar-refractivity contribution < 1.29 is 19.2 Å². The van der Waals surface area contributed by atoms with Gasteiger partial charge < -0.3 is 15.5 Å². The first-order valence-electron chi connectivity index (χ1n) is 9.97. The number of piperidine rings is 1. The van der Waals surface area contributed by atoms with E-state index in [0.717, 1.165) is 24.5 Å². The van der Waals surface area contributed by atoms with Gasteiger partial charge in [-0.1, -0.05) is 13.8 Å². The van der Waals surface area contributed by atoms with Crippen molar-refractivity contribution in [1.29, 1.82) is 0 Å². The normalized spacial score (nSPS) is 19.0. The van der Waals surface area contributed by atoms with Crippen LogP contribution in [0, 0.1) is 5.92 Å². The molecule has 0 aliphatic carbocycles. The number of urea groups is 1. The molecule has 8 nitrogen and oxygen atoms in total. The monoisotopic (exact) mass is 400 g/mol. The first kappa shape index (κ1) is 21.0. The Morgan fingerprint density at radius 3 is 2.31 bits per heavy atom. The predicted octanol–water partition coefficient (Wildman–Crippen LogP) is 1.87. The quantitative estimate of drug-likeness (QED) is 0.561. The molecule has 0 saturated carbocycles. The molecule has 2 N–H and O–H groups in total. The highest BCUT2D eigenvalue weighted by Crippen LogP contribution is 2.30. The van der Waals surface area contributed by atoms with Crippen molar-refractivity contribution in [3.05, 3.63) is 29.8 Å². The lowest BCUT2D eigenvalue weighted by Crippen LogP contribution is -2.55. The van der Waals surface area contributed by atoms with Gasteiger partial charge in [-0.05, 0) is 43.0 Å². The molecule has 0 radical (unpaired) electrons. The van der Waals surface area contributed by atoms with Gasteiger partial charge in [-0.3, -0.25) is 19.3 Å². The molecule has 156 valence electrons. The van der Waals surface area contributed by atoms with Gasteiger partial charge in [0.25, 0.3) is 5.91 Å². The van der Waals surface area contributed by atoms with E-state index in [9.17, 15) is 19.2 Å². The molecule has 1 aromatic carbocycles. The van der Waals surface area contributed by atoms with Crippen molar-refractivity contribution in [2.45, 2.75) is 39.2 Å². The molecule has 0 atom stereocenters. The van der Waals surface area contributed by atoms with Crippen LogP contribution in [0.2, 0.25) is 0 Å². The van der Waals surface area contributed by atoms with Gasteiger partial charge in [0.1, 0.15) is 5.54 Å². The predicted molar refractivity (Wildman–Crippen MR) is 109 cm³/mol. The highest BCUT2D eigenvalue weighted by molar-refractivity contribution is 6.11. The molecule has 1 aromatic rings. The zero-order valence-corrected chi connectivity index (χ0v) is 17.2. The van der Waals surface area contributed by atoms with E-state index in [1.807, 2.05) is 0 Å². The molecular formula is C21H28N4O4. The Morgan fingerprint density at radius 2 is 1.76 bits per heavy atom. The summed E-state index contributed by atoms with van der Waals surface area (Å²) in [6.45, 7) is 7.88. The summed E-state index contributed by atoms with van der Waals surface area (Å²) >= 11 is 0. The standard InChI is InChI=1S/C21H28N4O4/c1-14(2)12-24-10-8-21(9-11-24)19(28)25(20(29)23-21)13-18(27)16-4-6-17(7-5-16)22-15(3)26/h4-7,14H,8-13H2,1-3H3,(H,22,26)(H,23,29). The van der Waals surface area contributed by atoms with Crippen molar-refractivity contribution in [3.63, 3.8) is 0 Å². The van der Waals surface area contributed by atoms with Gasteiger partial charge in [0.2, 0.25) is 5.91 Å². The molecule has 0 unspecified atom stereocenters. The third kappa shape index (κ3) is 4.64. The summed E-state index contributed by atoms with van der Waals surface area (Å²) in [5.41, 5.74) is 0.0728. The number of carbonyl (C=O) groups is 4. The fourth-order valence-corrected chi connectivity index (χ4v) is 3.97. The average molecular weight is 400 g/mol. The SMILES string of the molecule is CC(=O)Nc1ccc(C(=O)CN2C(=O)NC3(CCN(CC(C)C)CC3)C2=O)cc1. The number of carbonyl (C=O) groups excluding carboxylic acids is 4. The third-order valence-corrected chi connectivity index (χ3v) is 5.41. The minimum absolute atomic E-state index is 0.201. The van der Waals surface area contributed by atoms with Gasteiger partial charge in [0.05, 0.1) is 6.54 Å². The number of amides is 4. The van der Waals surface area contributed by atoms with E-state index < -0.39 is 11.6 Å². The van der Waals surface area contributed by atoms with E-state index in [1.54, 1.807) is 24.3 Å². The number of likely N-dealkylation sites (tertiary alicyclic amines) is 1. The van der Waals surface area contributed by atoms with Crippen molar-refractivity contribution in [2.24, 2.45) is 5.92 Å². The number of hydrogen-bond acceptors (Lipinski definition) is 5. The molecule has 8 heteroatoms. The van der Waals surface area contributed by atoms with Gasteiger partial charge in [-0.25, -0.2) is 4.79 Å². The van der Waals surface area contributed by atoms with Crippen LogP contribution in [0.5, 0.6) is 0 Å². The molecule has 2 heterocycles. The number of benzene rings is 1. The van der Waals surface area contributed by atoms with Crippen molar-refractivity contribution in [3.8, 4) is 0 Å². The molecular weight excluding hydrogens is 372 g/mol. The van der Waals surface area contributed by atoms with Crippen LogP contribution in [0.3, 0.4) is 0 Å².